The summed E-state index contributed by atoms with van der Waals surface area (Å²) in [7, 11) is 0. The molecule has 0 atom stereocenters. The van der Waals surface area contributed by atoms with Crippen molar-refractivity contribution in [1.82, 2.24) is 20.7 Å². The lowest BCUT2D eigenvalue weighted by Crippen LogP contribution is -2.42. The van der Waals surface area contributed by atoms with Crippen LogP contribution in [0.25, 0.3) is 11.3 Å². The van der Waals surface area contributed by atoms with Gasteiger partial charge in [0, 0.05) is 61.2 Å². The Morgan fingerprint density at radius 2 is 1.65 bits per heavy atom. The second-order valence-electron chi connectivity index (χ2n) is 7.42. The molecule has 1 aliphatic rings. The van der Waals surface area contributed by atoms with Crippen molar-refractivity contribution in [2.45, 2.75) is 6.54 Å². The Morgan fingerprint density at radius 3 is 2.29 bits per heavy atom. The van der Waals surface area contributed by atoms with E-state index in [2.05, 4.69) is 51.3 Å². The molecular formula is C25H24N4O2. The average molecular weight is 412 g/mol. The minimum atomic E-state index is -0.565. The van der Waals surface area contributed by atoms with Crippen molar-refractivity contribution < 1.29 is 10.0 Å². The molecule has 0 unspecified atom stereocenters. The first-order valence-corrected chi connectivity index (χ1v) is 10.3. The van der Waals surface area contributed by atoms with Gasteiger partial charge in [-0.3, -0.25) is 19.9 Å². The quantitative estimate of drug-likeness (QED) is 0.349. The number of rotatable bonds is 4. The summed E-state index contributed by atoms with van der Waals surface area (Å²) >= 11 is 0. The third-order valence-corrected chi connectivity index (χ3v) is 5.23. The summed E-state index contributed by atoms with van der Waals surface area (Å²) in [6, 6.07) is 19.3. The maximum Gasteiger partial charge on any atom is 0.274 e. The lowest BCUT2D eigenvalue weighted by Gasteiger charge is -2.27. The summed E-state index contributed by atoms with van der Waals surface area (Å²) in [5.41, 5.74) is 6.70. The Kier molecular flexibility index (Phi) is 6.70. The summed E-state index contributed by atoms with van der Waals surface area (Å²) in [6.07, 6.45) is 1.54. The zero-order valence-electron chi connectivity index (χ0n) is 17.1. The number of carbonyl (C=O) groups is 1. The van der Waals surface area contributed by atoms with Gasteiger partial charge in [-0.15, -0.1) is 0 Å². The zero-order valence-corrected chi connectivity index (χ0v) is 17.1. The minimum Gasteiger partial charge on any atom is -0.314 e. The number of hydroxylamine groups is 1. The number of hydrogen-bond donors (Lipinski definition) is 3. The number of carbonyl (C=O) groups excluding carboxylic acids is 1. The molecule has 156 valence electrons. The van der Waals surface area contributed by atoms with E-state index < -0.39 is 5.91 Å². The van der Waals surface area contributed by atoms with E-state index in [1.54, 1.807) is 23.8 Å². The van der Waals surface area contributed by atoms with Gasteiger partial charge in [-0.1, -0.05) is 36.1 Å². The first-order valence-electron chi connectivity index (χ1n) is 10.3. The molecule has 31 heavy (non-hydrogen) atoms. The molecule has 0 aliphatic carbocycles. The van der Waals surface area contributed by atoms with Gasteiger partial charge in [-0.05, 0) is 42.0 Å². The van der Waals surface area contributed by atoms with E-state index in [1.807, 2.05) is 24.3 Å². The lowest BCUT2D eigenvalue weighted by atomic mass is 10.1. The van der Waals surface area contributed by atoms with Crippen LogP contribution in [0.2, 0.25) is 0 Å². The van der Waals surface area contributed by atoms with E-state index >= 15 is 0 Å². The Balaban J connectivity index is 1.41. The van der Waals surface area contributed by atoms with Crippen LogP contribution in [-0.4, -0.2) is 47.2 Å². The highest BCUT2D eigenvalue weighted by Gasteiger charge is 2.09. The maximum atomic E-state index is 11.6. The number of benzene rings is 2. The van der Waals surface area contributed by atoms with Gasteiger partial charge in [-0.2, -0.15) is 0 Å². The summed E-state index contributed by atoms with van der Waals surface area (Å²) < 4.78 is 0. The molecule has 1 amide bonds. The fraction of sp³-hybridized carbons (Fsp3) is 0.200. The molecule has 1 saturated heterocycles. The van der Waals surface area contributed by atoms with Crippen LogP contribution in [0.15, 0.2) is 66.9 Å². The van der Waals surface area contributed by atoms with Crippen molar-refractivity contribution in [2.24, 2.45) is 0 Å². The molecule has 4 rings (SSSR count). The van der Waals surface area contributed by atoms with Crippen LogP contribution in [-0.2, 0) is 6.54 Å². The summed E-state index contributed by atoms with van der Waals surface area (Å²) in [6.45, 7) is 5.27. The molecule has 2 heterocycles. The highest BCUT2D eigenvalue weighted by Crippen LogP contribution is 2.18. The number of pyridine rings is 1. The predicted octanol–water partition coefficient (Wildman–Crippen LogP) is 2.67. The van der Waals surface area contributed by atoms with Gasteiger partial charge >= 0.3 is 0 Å². The number of aromatic nitrogens is 1. The van der Waals surface area contributed by atoms with E-state index in [0.29, 0.717) is 11.3 Å². The molecule has 1 fully saturated rings. The van der Waals surface area contributed by atoms with Crippen LogP contribution in [0.4, 0.5) is 0 Å². The topological polar surface area (TPSA) is 77.5 Å². The van der Waals surface area contributed by atoms with Crippen LogP contribution < -0.4 is 10.8 Å². The molecule has 0 saturated carbocycles. The monoisotopic (exact) mass is 412 g/mol. The molecule has 3 aromatic rings. The second kappa shape index (κ2) is 10.0. The van der Waals surface area contributed by atoms with Crippen LogP contribution in [0, 0.1) is 11.8 Å². The van der Waals surface area contributed by atoms with Gasteiger partial charge in [0.1, 0.15) is 0 Å². The fourth-order valence-electron chi connectivity index (χ4n) is 3.48. The highest BCUT2D eigenvalue weighted by atomic mass is 16.5. The van der Waals surface area contributed by atoms with Gasteiger partial charge in [0.25, 0.3) is 5.91 Å². The number of nitrogens with one attached hydrogen (secondary N) is 2. The molecule has 6 nitrogen and oxygen atoms in total. The van der Waals surface area contributed by atoms with Crippen LogP contribution in [0.5, 0.6) is 0 Å². The van der Waals surface area contributed by atoms with Crippen molar-refractivity contribution in [2.75, 3.05) is 26.2 Å². The summed E-state index contributed by atoms with van der Waals surface area (Å²) in [5.74, 6) is 5.84. The second-order valence-corrected chi connectivity index (χ2v) is 7.42. The first kappa shape index (κ1) is 20.8. The number of amides is 1. The van der Waals surface area contributed by atoms with Gasteiger partial charge in [0.05, 0.1) is 5.69 Å². The number of nitrogens with zero attached hydrogens (tertiary/aromatic N) is 2. The number of hydrogen-bond acceptors (Lipinski definition) is 5. The molecule has 2 aromatic carbocycles. The smallest absolute Gasteiger partial charge is 0.274 e. The maximum absolute atomic E-state index is 11.6. The largest absolute Gasteiger partial charge is 0.314 e. The van der Waals surface area contributed by atoms with Crippen molar-refractivity contribution in [1.29, 1.82) is 0 Å². The molecule has 1 aromatic heterocycles. The molecule has 0 bridgehead atoms. The van der Waals surface area contributed by atoms with Crippen molar-refractivity contribution in [3.63, 3.8) is 0 Å². The van der Waals surface area contributed by atoms with Crippen LogP contribution in [0.1, 0.15) is 27.0 Å². The Bertz CT molecular complexity index is 1090. The van der Waals surface area contributed by atoms with Crippen molar-refractivity contribution in [3.05, 3.63) is 89.1 Å². The molecular weight excluding hydrogens is 388 g/mol. The summed E-state index contributed by atoms with van der Waals surface area (Å²) in [5, 5.41) is 12.2. The van der Waals surface area contributed by atoms with E-state index in [9.17, 15) is 4.79 Å². The van der Waals surface area contributed by atoms with Crippen molar-refractivity contribution >= 4 is 5.91 Å². The normalized spacial score (nSPS) is 13.8. The SMILES string of the molecule is O=C(NO)c1ccnc(-c2ccc(C#Cc3ccc(CN4CCNCC4)cc3)cc2)c1. The standard InChI is InChI=1S/C25H24N4O2/c30-25(28-31)23-11-12-27-24(17-23)22-9-7-20(8-10-22)2-1-19-3-5-21(6-4-19)18-29-15-13-26-14-16-29/h3-12,17,26,31H,13-16,18H2,(H,28,30). The van der Waals surface area contributed by atoms with Gasteiger partial charge in [0.15, 0.2) is 0 Å². The fourth-order valence-corrected chi connectivity index (χ4v) is 3.48. The van der Waals surface area contributed by atoms with E-state index in [-0.39, 0.29) is 0 Å². The van der Waals surface area contributed by atoms with Crippen LogP contribution >= 0.6 is 0 Å². The van der Waals surface area contributed by atoms with Gasteiger partial charge < -0.3 is 5.32 Å². The minimum absolute atomic E-state index is 0.344. The van der Waals surface area contributed by atoms with Gasteiger partial charge in [0.2, 0.25) is 0 Å². The Hall–Kier alpha value is -3.50. The Labute approximate surface area is 181 Å². The summed E-state index contributed by atoms with van der Waals surface area (Å²) in [4.78, 5) is 18.3. The molecule has 6 heteroatoms. The first-order chi connectivity index (χ1) is 15.2. The van der Waals surface area contributed by atoms with E-state index in [4.69, 9.17) is 5.21 Å². The molecule has 1 aliphatic heterocycles. The molecule has 3 N–H and O–H groups in total. The zero-order chi connectivity index (χ0) is 21.5. The van der Waals surface area contributed by atoms with E-state index in [1.165, 1.54) is 5.56 Å². The predicted molar refractivity (Wildman–Crippen MR) is 119 cm³/mol. The van der Waals surface area contributed by atoms with E-state index in [0.717, 1.165) is 49.4 Å². The average Bonchev–Trinajstić information content (AvgIpc) is 2.84. The Morgan fingerprint density at radius 1 is 1.00 bits per heavy atom. The lowest BCUT2D eigenvalue weighted by molar-refractivity contribution is 0.0706. The van der Waals surface area contributed by atoms with Gasteiger partial charge in [-0.25, -0.2) is 5.48 Å². The van der Waals surface area contributed by atoms with Crippen molar-refractivity contribution in [3.8, 4) is 23.1 Å². The van der Waals surface area contributed by atoms with Crippen LogP contribution in [0.3, 0.4) is 0 Å². The highest BCUT2D eigenvalue weighted by molar-refractivity contribution is 5.94. The molecule has 0 spiro atoms. The third-order valence-electron chi connectivity index (χ3n) is 5.23. The third kappa shape index (κ3) is 5.56. The number of piperazine rings is 1. The molecule has 0 radical (unpaired) electrons.